The first-order valence-corrected chi connectivity index (χ1v) is 12.6. The molecular weight excluding hydrogens is 436 g/mol. The lowest BCUT2D eigenvalue weighted by Gasteiger charge is -2.21. The minimum absolute atomic E-state index is 0.675. The molecule has 4 heteroatoms. The van der Waals surface area contributed by atoms with Gasteiger partial charge in [-0.15, -0.1) is 0 Å². The van der Waals surface area contributed by atoms with Gasteiger partial charge in [0.05, 0.1) is 11.1 Å². The molecule has 0 aliphatic heterocycles. The molecule has 1 radical (unpaired) electrons. The number of benzene rings is 1. The number of nitrogens with zero attached hydrogens (tertiary/aromatic N) is 2. The molecule has 1 fully saturated rings. The van der Waals surface area contributed by atoms with Gasteiger partial charge < -0.3 is 4.74 Å². The zero-order valence-corrected chi connectivity index (χ0v) is 20.0. The lowest BCUT2D eigenvalue weighted by atomic mass is 9.90. The summed E-state index contributed by atoms with van der Waals surface area (Å²) in [5.74, 6) is 2.35. The second-order valence-electron chi connectivity index (χ2n) is 8.55. The third kappa shape index (κ3) is 7.68. The summed E-state index contributed by atoms with van der Waals surface area (Å²) in [6.07, 6.45) is 21.7. The van der Waals surface area contributed by atoms with E-state index in [1.807, 2.05) is 18.5 Å². The topological polar surface area (TPSA) is 35.0 Å². The summed E-state index contributed by atoms with van der Waals surface area (Å²) in [7, 11) is 0. The van der Waals surface area contributed by atoms with Crippen LogP contribution < -0.4 is 4.74 Å². The molecule has 0 amide bonds. The predicted octanol–water partition coefficient (Wildman–Crippen LogP) is 7.97. The van der Waals surface area contributed by atoms with Crippen LogP contribution in [0.5, 0.6) is 5.75 Å². The first kappa shape index (κ1) is 23.2. The highest BCUT2D eigenvalue weighted by atomic mass is 79.9. The van der Waals surface area contributed by atoms with Gasteiger partial charge in [0, 0.05) is 18.0 Å². The molecule has 1 aliphatic carbocycles. The number of aryl methyl sites for hydroxylation is 1. The monoisotopic (exact) mass is 471 g/mol. The van der Waals surface area contributed by atoms with E-state index in [0.717, 1.165) is 34.6 Å². The van der Waals surface area contributed by atoms with Gasteiger partial charge in [0.25, 0.3) is 0 Å². The van der Waals surface area contributed by atoms with E-state index in [0.29, 0.717) is 5.92 Å². The molecule has 3 rings (SSSR count). The van der Waals surface area contributed by atoms with Gasteiger partial charge in [0.15, 0.2) is 5.82 Å². The number of ether oxygens (including phenoxy) is 1. The smallest absolute Gasteiger partial charge is 0.159 e. The SMILES string of the molecule is CCCCCCCCCc1cnc(-c2ccc(OCC3CC[CH]CC3)c(Br)c2)nc1. The molecule has 30 heavy (non-hydrogen) atoms. The molecule has 0 saturated heterocycles. The predicted molar refractivity (Wildman–Crippen MR) is 129 cm³/mol. The van der Waals surface area contributed by atoms with Crippen LogP contribution in [-0.4, -0.2) is 16.6 Å². The average molecular weight is 472 g/mol. The summed E-state index contributed by atoms with van der Waals surface area (Å²) in [5.41, 5.74) is 2.25. The summed E-state index contributed by atoms with van der Waals surface area (Å²) in [4.78, 5) is 9.20. The van der Waals surface area contributed by atoms with Crippen LogP contribution in [0.25, 0.3) is 11.4 Å². The highest BCUT2D eigenvalue weighted by Crippen LogP contribution is 2.31. The van der Waals surface area contributed by atoms with Gasteiger partial charge in [-0.25, -0.2) is 9.97 Å². The quantitative estimate of drug-likeness (QED) is 0.294. The number of hydrogen-bond acceptors (Lipinski definition) is 3. The van der Waals surface area contributed by atoms with Gasteiger partial charge in [0.2, 0.25) is 0 Å². The number of rotatable bonds is 12. The molecule has 1 aliphatic rings. The maximum Gasteiger partial charge on any atom is 0.159 e. The first-order chi connectivity index (χ1) is 14.8. The van der Waals surface area contributed by atoms with Crippen molar-refractivity contribution in [1.82, 2.24) is 9.97 Å². The molecule has 2 aromatic rings. The lowest BCUT2D eigenvalue weighted by Crippen LogP contribution is -2.15. The summed E-state index contributed by atoms with van der Waals surface area (Å²) < 4.78 is 7.04. The highest BCUT2D eigenvalue weighted by molar-refractivity contribution is 9.10. The van der Waals surface area contributed by atoms with E-state index in [2.05, 4.69) is 51.4 Å². The van der Waals surface area contributed by atoms with Crippen LogP contribution in [-0.2, 0) is 6.42 Å². The Morgan fingerprint density at radius 1 is 0.967 bits per heavy atom. The van der Waals surface area contributed by atoms with Crippen molar-refractivity contribution in [2.24, 2.45) is 5.92 Å². The van der Waals surface area contributed by atoms with Crippen LogP contribution in [0.3, 0.4) is 0 Å². The van der Waals surface area contributed by atoms with Crippen molar-refractivity contribution in [2.75, 3.05) is 6.61 Å². The van der Waals surface area contributed by atoms with Crippen molar-refractivity contribution in [1.29, 1.82) is 0 Å². The number of unbranched alkanes of at least 4 members (excludes halogenated alkanes) is 6. The Hall–Kier alpha value is -1.42. The van der Waals surface area contributed by atoms with Gasteiger partial charge in [-0.2, -0.15) is 0 Å². The molecule has 0 N–H and O–H groups in total. The van der Waals surface area contributed by atoms with Gasteiger partial charge in [-0.05, 0) is 90.6 Å². The molecule has 1 saturated carbocycles. The Morgan fingerprint density at radius 3 is 2.37 bits per heavy atom. The molecule has 163 valence electrons. The standard InChI is InChI=1S/C26H36BrN2O/c1-2-3-4-5-6-7-9-14-22-18-28-26(29-19-22)23-15-16-25(24(27)17-23)30-20-21-12-10-8-11-13-21/h8,15-19,21H,2-7,9-14,20H2,1H3. The third-order valence-corrected chi connectivity index (χ3v) is 6.62. The summed E-state index contributed by atoms with van der Waals surface area (Å²) in [6.45, 7) is 3.07. The summed E-state index contributed by atoms with van der Waals surface area (Å²) in [6, 6.07) is 6.15. The van der Waals surface area contributed by atoms with Gasteiger partial charge in [0.1, 0.15) is 5.75 Å². The van der Waals surface area contributed by atoms with Gasteiger partial charge in [-0.1, -0.05) is 45.4 Å². The average Bonchev–Trinajstić information content (AvgIpc) is 2.79. The fourth-order valence-corrected chi connectivity index (χ4v) is 4.54. The fraction of sp³-hybridized carbons (Fsp3) is 0.577. The molecule has 0 unspecified atom stereocenters. The lowest BCUT2D eigenvalue weighted by molar-refractivity contribution is 0.220. The van der Waals surface area contributed by atoms with Crippen LogP contribution in [0.2, 0.25) is 0 Å². The Balaban J connectivity index is 1.45. The van der Waals surface area contributed by atoms with Crippen LogP contribution in [0.4, 0.5) is 0 Å². The zero-order chi connectivity index (χ0) is 21.0. The number of hydrogen-bond donors (Lipinski definition) is 0. The second-order valence-corrected chi connectivity index (χ2v) is 9.41. The largest absolute Gasteiger partial charge is 0.492 e. The van der Waals surface area contributed by atoms with E-state index in [9.17, 15) is 0 Å². The van der Waals surface area contributed by atoms with Crippen molar-refractivity contribution in [3.63, 3.8) is 0 Å². The van der Waals surface area contributed by atoms with Crippen LogP contribution >= 0.6 is 15.9 Å². The minimum Gasteiger partial charge on any atom is -0.492 e. The van der Waals surface area contributed by atoms with E-state index < -0.39 is 0 Å². The maximum atomic E-state index is 6.07. The fourth-order valence-electron chi connectivity index (χ4n) is 4.05. The minimum atomic E-state index is 0.675. The van der Waals surface area contributed by atoms with E-state index in [1.165, 1.54) is 76.2 Å². The summed E-state index contributed by atoms with van der Waals surface area (Å²) in [5, 5.41) is 0. The van der Waals surface area contributed by atoms with Crippen LogP contribution in [0.1, 0.15) is 83.1 Å². The zero-order valence-electron chi connectivity index (χ0n) is 18.4. The van der Waals surface area contributed by atoms with Crippen LogP contribution in [0, 0.1) is 12.3 Å². The summed E-state index contributed by atoms with van der Waals surface area (Å²) >= 11 is 3.66. The first-order valence-electron chi connectivity index (χ1n) is 11.8. The third-order valence-electron chi connectivity index (χ3n) is 6.00. The Bertz CT molecular complexity index is 741. The van der Waals surface area contributed by atoms with E-state index in [1.54, 1.807) is 0 Å². The molecule has 0 spiro atoms. The normalized spacial score (nSPS) is 14.7. The van der Waals surface area contributed by atoms with E-state index in [-0.39, 0.29) is 0 Å². The van der Waals surface area contributed by atoms with Crippen molar-refractivity contribution in [2.45, 2.75) is 84.0 Å². The van der Waals surface area contributed by atoms with Crippen molar-refractivity contribution in [3.05, 3.63) is 47.0 Å². The molecule has 1 aromatic heterocycles. The van der Waals surface area contributed by atoms with E-state index in [4.69, 9.17) is 4.74 Å². The second kappa shape index (κ2) is 13.1. The molecule has 1 aromatic carbocycles. The molecule has 1 heterocycles. The van der Waals surface area contributed by atoms with Gasteiger partial charge in [-0.3, -0.25) is 0 Å². The maximum absolute atomic E-state index is 6.07. The van der Waals surface area contributed by atoms with Crippen molar-refractivity contribution >= 4 is 15.9 Å². The van der Waals surface area contributed by atoms with E-state index >= 15 is 0 Å². The molecule has 0 bridgehead atoms. The van der Waals surface area contributed by atoms with Gasteiger partial charge >= 0.3 is 0 Å². The van der Waals surface area contributed by atoms with Crippen molar-refractivity contribution in [3.8, 4) is 17.1 Å². The molecule has 3 nitrogen and oxygen atoms in total. The highest BCUT2D eigenvalue weighted by Gasteiger charge is 2.15. The Labute approximate surface area is 191 Å². The van der Waals surface area contributed by atoms with Crippen LogP contribution in [0.15, 0.2) is 35.1 Å². The number of halogens is 1. The molecular formula is C26H36BrN2O. The Kier molecular flexibility index (Phi) is 10.1. The molecule has 0 atom stereocenters. The Morgan fingerprint density at radius 2 is 1.67 bits per heavy atom. The number of aromatic nitrogens is 2. The van der Waals surface area contributed by atoms with Crippen molar-refractivity contribution < 1.29 is 4.74 Å².